The van der Waals surface area contributed by atoms with Crippen LogP contribution in [0.3, 0.4) is 0 Å². The Hall–Kier alpha value is -2.71. The molecule has 0 unspecified atom stereocenters. The molecule has 0 spiro atoms. The first-order valence-corrected chi connectivity index (χ1v) is 10.4. The molecule has 0 aliphatic carbocycles. The van der Waals surface area contributed by atoms with Crippen molar-refractivity contribution in [1.82, 2.24) is 5.32 Å². The van der Waals surface area contributed by atoms with E-state index in [-0.39, 0.29) is 35.1 Å². The zero-order valence-corrected chi connectivity index (χ0v) is 16.9. The van der Waals surface area contributed by atoms with Gasteiger partial charge >= 0.3 is 0 Å². The third-order valence-electron chi connectivity index (χ3n) is 3.86. The van der Waals surface area contributed by atoms with Crippen molar-refractivity contribution in [1.29, 1.82) is 0 Å². The van der Waals surface area contributed by atoms with Gasteiger partial charge in [-0.05, 0) is 62.4 Å². The van der Waals surface area contributed by atoms with Crippen molar-refractivity contribution in [3.05, 3.63) is 59.7 Å². The van der Waals surface area contributed by atoms with Gasteiger partial charge in [0, 0.05) is 30.0 Å². The van der Waals surface area contributed by atoms with E-state index >= 15 is 0 Å². The number of methoxy groups -OCH3 is 1. The maximum absolute atomic E-state index is 12.4. The number of carbonyl (C=O) groups is 2. The number of benzene rings is 2. The molecule has 8 heteroatoms. The first kappa shape index (κ1) is 21.6. The van der Waals surface area contributed by atoms with E-state index in [1.807, 2.05) is 13.8 Å². The second kappa shape index (κ2) is 9.48. The van der Waals surface area contributed by atoms with Gasteiger partial charge in [0.2, 0.25) is 0 Å². The molecular weight excluding hydrogens is 380 g/mol. The summed E-state index contributed by atoms with van der Waals surface area (Å²) in [6, 6.07) is 12.3. The Morgan fingerprint density at radius 1 is 0.929 bits per heavy atom. The summed E-state index contributed by atoms with van der Waals surface area (Å²) >= 11 is 0. The van der Waals surface area contributed by atoms with Gasteiger partial charge in [-0.25, -0.2) is 8.42 Å². The molecule has 0 radical (unpaired) electrons. The normalized spacial score (nSPS) is 11.3. The average molecular weight is 404 g/mol. The Bertz CT molecular complexity index is 920. The van der Waals surface area contributed by atoms with Crippen LogP contribution in [0.4, 0.5) is 5.69 Å². The molecule has 0 fully saturated rings. The number of amides is 2. The summed E-state index contributed by atoms with van der Waals surface area (Å²) in [5.41, 5.74) is 1.35. The largest absolute Gasteiger partial charge is 0.384 e. The molecule has 0 aliphatic heterocycles. The van der Waals surface area contributed by atoms with Gasteiger partial charge in [0.1, 0.15) is 0 Å². The third-order valence-corrected chi connectivity index (χ3v) is 5.55. The fourth-order valence-corrected chi connectivity index (χ4v) is 3.55. The second-order valence-corrected chi connectivity index (χ2v) is 8.60. The summed E-state index contributed by atoms with van der Waals surface area (Å²) in [6.45, 7) is 3.86. The standard InChI is InChI=1S/C20H24N2O5S/c1-14(2)21-19(23)15-4-8-17(9-5-15)22-20(24)16-6-10-18(11-7-16)28(25,26)13-12-27-3/h4-11,14H,12-13H2,1-3H3,(H,21,23)(H,22,24). The van der Waals surface area contributed by atoms with Gasteiger partial charge in [0.05, 0.1) is 17.3 Å². The van der Waals surface area contributed by atoms with E-state index in [1.54, 1.807) is 24.3 Å². The van der Waals surface area contributed by atoms with Gasteiger partial charge in [-0.15, -0.1) is 0 Å². The van der Waals surface area contributed by atoms with Gasteiger partial charge in [0.25, 0.3) is 11.8 Å². The van der Waals surface area contributed by atoms with Gasteiger partial charge < -0.3 is 15.4 Å². The quantitative estimate of drug-likeness (QED) is 0.704. The van der Waals surface area contributed by atoms with E-state index in [9.17, 15) is 18.0 Å². The van der Waals surface area contributed by atoms with Crippen molar-refractivity contribution in [2.45, 2.75) is 24.8 Å². The highest BCUT2D eigenvalue weighted by Gasteiger charge is 2.15. The predicted octanol–water partition coefficient (Wildman–Crippen LogP) is 2.50. The van der Waals surface area contributed by atoms with Crippen LogP contribution in [0.25, 0.3) is 0 Å². The van der Waals surface area contributed by atoms with Gasteiger partial charge in [0.15, 0.2) is 9.84 Å². The molecule has 0 bridgehead atoms. The van der Waals surface area contributed by atoms with Crippen LogP contribution in [-0.4, -0.2) is 45.7 Å². The Labute approximate surface area is 165 Å². The molecule has 0 heterocycles. The molecule has 2 rings (SSSR count). The Balaban J connectivity index is 2.04. The lowest BCUT2D eigenvalue weighted by Gasteiger charge is -2.10. The van der Waals surface area contributed by atoms with Crippen molar-refractivity contribution >= 4 is 27.3 Å². The van der Waals surface area contributed by atoms with E-state index in [2.05, 4.69) is 10.6 Å². The summed E-state index contributed by atoms with van der Waals surface area (Å²) < 4.78 is 29.0. The van der Waals surface area contributed by atoms with Crippen LogP contribution in [0.1, 0.15) is 34.6 Å². The number of sulfone groups is 1. The first-order chi connectivity index (χ1) is 13.2. The van der Waals surface area contributed by atoms with Crippen LogP contribution in [0, 0.1) is 0 Å². The molecule has 0 saturated heterocycles. The highest BCUT2D eigenvalue weighted by molar-refractivity contribution is 7.91. The topological polar surface area (TPSA) is 102 Å². The van der Waals surface area contributed by atoms with Crippen LogP contribution in [0.5, 0.6) is 0 Å². The highest BCUT2D eigenvalue weighted by Crippen LogP contribution is 2.15. The van der Waals surface area contributed by atoms with Crippen molar-refractivity contribution in [2.75, 3.05) is 24.8 Å². The molecule has 0 aromatic heterocycles. The van der Waals surface area contributed by atoms with E-state index in [0.29, 0.717) is 16.8 Å². The number of nitrogens with one attached hydrogen (secondary N) is 2. The van der Waals surface area contributed by atoms with E-state index in [4.69, 9.17) is 4.74 Å². The summed E-state index contributed by atoms with van der Waals surface area (Å²) in [7, 11) is -2.00. The number of anilines is 1. The van der Waals surface area contributed by atoms with Crippen molar-refractivity contribution in [2.24, 2.45) is 0 Å². The van der Waals surface area contributed by atoms with Crippen LogP contribution in [0.2, 0.25) is 0 Å². The smallest absolute Gasteiger partial charge is 0.255 e. The Morgan fingerprint density at radius 3 is 2.00 bits per heavy atom. The zero-order chi connectivity index (χ0) is 20.7. The number of hydrogen-bond acceptors (Lipinski definition) is 5. The number of hydrogen-bond donors (Lipinski definition) is 2. The maximum Gasteiger partial charge on any atom is 0.255 e. The summed E-state index contributed by atoms with van der Waals surface area (Å²) in [6.07, 6.45) is 0. The number of ether oxygens (including phenoxy) is 1. The lowest BCUT2D eigenvalue weighted by molar-refractivity contribution is 0.0942. The zero-order valence-electron chi connectivity index (χ0n) is 16.1. The molecule has 150 valence electrons. The highest BCUT2D eigenvalue weighted by atomic mass is 32.2. The van der Waals surface area contributed by atoms with E-state index in [1.165, 1.54) is 31.4 Å². The molecule has 2 aromatic carbocycles. The van der Waals surface area contributed by atoms with Crippen molar-refractivity contribution in [3.8, 4) is 0 Å². The van der Waals surface area contributed by atoms with E-state index < -0.39 is 9.84 Å². The fourth-order valence-electron chi connectivity index (χ4n) is 2.38. The second-order valence-electron chi connectivity index (χ2n) is 6.50. The van der Waals surface area contributed by atoms with Crippen LogP contribution in [-0.2, 0) is 14.6 Å². The van der Waals surface area contributed by atoms with Crippen LogP contribution < -0.4 is 10.6 Å². The Kier molecular flexibility index (Phi) is 7.31. The summed E-state index contributed by atoms with van der Waals surface area (Å²) in [5, 5.41) is 5.51. The minimum atomic E-state index is -3.44. The third kappa shape index (κ3) is 5.90. The van der Waals surface area contributed by atoms with Crippen molar-refractivity contribution in [3.63, 3.8) is 0 Å². The number of carbonyl (C=O) groups excluding carboxylic acids is 2. The molecule has 2 aromatic rings. The first-order valence-electron chi connectivity index (χ1n) is 8.77. The summed E-state index contributed by atoms with van der Waals surface area (Å²) in [5.74, 6) is -0.676. The van der Waals surface area contributed by atoms with Crippen LogP contribution >= 0.6 is 0 Å². The average Bonchev–Trinajstić information content (AvgIpc) is 2.66. The number of rotatable bonds is 8. The van der Waals surface area contributed by atoms with Gasteiger partial charge in [-0.1, -0.05) is 0 Å². The molecule has 2 N–H and O–H groups in total. The van der Waals surface area contributed by atoms with Crippen LogP contribution in [0.15, 0.2) is 53.4 Å². The predicted molar refractivity (Wildman–Crippen MR) is 107 cm³/mol. The molecule has 0 saturated carbocycles. The van der Waals surface area contributed by atoms with Gasteiger partial charge in [-0.2, -0.15) is 0 Å². The molecule has 28 heavy (non-hydrogen) atoms. The van der Waals surface area contributed by atoms with E-state index in [0.717, 1.165) is 0 Å². The molecule has 2 amide bonds. The van der Waals surface area contributed by atoms with Gasteiger partial charge in [-0.3, -0.25) is 9.59 Å². The SMILES string of the molecule is COCCS(=O)(=O)c1ccc(C(=O)Nc2ccc(C(=O)NC(C)C)cc2)cc1. The minimum Gasteiger partial charge on any atom is -0.384 e. The lowest BCUT2D eigenvalue weighted by atomic mass is 10.1. The molecule has 7 nitrogen and oxygen atoms in total. The minimum absolute atomic E-state index is 0.0353. The summed E-state index contributed by atoms with van der Waals surface area (Å²) in [4.78, 5) is 24.4. The molecule has 0 atom stereocenters. The van der Waals surface area contributed by atoms with Crippen molar-refractivity contribution < 1.29 is 22.7 Å². The molecule has 0 aliphatic rings. The molecular formula is C20H24N2O5S. The fraction of sp³-hybridized carbons (Fsp3) is 0.300. The maximum atomic E-state index is 12.4. The lowest BCUT2D eigenvalue weighted by Crippen LogP contribution is -2.30. The monoisotopic (exact) mass is 404 g/mol. The Morgan fingerprint density at radius 2 is 1.46 bits per heavy atom.